The number of amides is 1. The average Bonchev–Trinajstić information content (AvgIpc) is 3.10. The number of anilines is 1. The first-order chi connectivity index (χ1) is 15.4. The number of nitrogens with zero attached hydrogens (tertiary/aromatic N) is 1. The first-order valence-corrected chi connectivity index (χ1v) is 9.90. The molecule has 3 N–H and O–H groups in total. The van der Waals surface area contributed by atoms with Gasteiger partial charge >= 0.3 is 5.69 Å². The number of aliphatic hydroxyl groups excluding tert-OH is 1. The highest BCUT2D eigenvalue weighted by Gasteiger charge is 2.24. The third kappa shape index (κ3) is 3.81. The molecule has 9 heteroatoms. The Kier molecular flexibility index (Phi) is 5.65. The van der Waals surface area contributed by atoms with Crippen molar-refractivity contribution in [2.24, 2.45) is 0 Å². The largest absolute Gasteiger partial charge is 0.491 e. The molecule has 2 aromatic carbocycles. The van der Waals surface area contributed by atoms with Gasteiger partial charge in [0.05, 0.1) is 17.9 Å². The number of aryl methyl sites for hydroxylation is 2. The van der Waals surface area contributed by atoms with Crippen molar-refractivity contribution in [2.45, 2.75) is 13.8 Å². The third-order valence-electron chi connectivity index (χ3n) is 4.95. The van der Waals surface area contributed by atoms with Crippen LogP contribution in [0.5, 0.6) is 5.75 Å². The minimum atomic E-state index is -0.663. The van der Waals surface area contributed by atoms with Crippen molar-refractivity contribution in [1.82, 2.24) is 9.55 Å². The van der Waals surface area contributed by atoms with Crippen LogP contribution in [0, 0.1) is 13.8 Å². The van der Waals surface area contributed by atoms with E-state index in [9.17, 15) is 14.4 Å². The van der Waals surface area contributed by atoms with Gasteiger partial charge in [0.25, 0.3) is 11.5 Å². The monoisotopic (exact) mass is 435 g/mol. The number of hydrogen-bond donors (Lipinski definition) is 3. The molecule has 0 radical (unpaired) electrons. The van der Waals surface area contributed by atoms with Crippen LogP contribution in [0.4, 0.5) is 5.69 Å². The van der Waals surface area contributed by atoms with Crippen LogP contribution in [0.3, 0.4) is 0 Å². The van der Waals surface area contributed by atoms with E-state index in [-0.39, 0.29) is 35.6 Å². The Morgan fingerprint density at radius 2 is 1.91 bits per heavy atom. The van der Waals surface area contributed by atoms with Gasteiger partial charge in [-0.1, -0.05) is 18.2 Å². The molecule has 2 heterocycles. The van der Waals surface area contributed by atoms with Gasteiger partial charge in [-0.3, -0.25) is 14.6 Å². The van der Waals surface area contributed by atoms with Crippen molar-refractivity contribution in [2.75, 3.05) is 18.5 Å². The van der Waals surface area contributed by atoms with E-state index in [2.05, 4.69) is 10.3 Å². The van der Waals surface area contributed by atoms with Crippen LogP contribution in [0.15, 0.2) is 62.5 Å². The topological polar surface area (TPSA) is 127 Å². The summed E-state index contributed by atoms with van der Waals surface area (Å²) in [6.45, 7) is 3.42. The second-order valence-corrected chi connectivity index (χ2v) is 7.15. The van der Waals surface area contributed by atoms with Gasteiger partial charge in [0.15, 0.2) is 0 Å². The fourth-order valence-electron chi connectivity index (χ4n) is 3.52. The summed E-state index contributed by atoms with van der Waals surface area (Å²) in [4.78, 5) is 41.3. The van der Waals surface area contributed by atoms with Gasteiger partial charge in [0, 0.05) is 5.69 Å². The highest BCUT2D eigenvalue weighted by atomic mass is 16.5. The zero-order chi connectivity index (χ0) is 22.8. The Hall–Kier alpha value is -4.11. The normalized spacial score (nSPS) is 11.0. The highest BCUT2D eigenvalue weighted by Crippen LogP contribution is 2.25. The second kappa shape index (κ2) is 8.56. The molecule has 0 fully saturated rings. The van der Waals surface area contributed by atoms with Gasteiger partial charge in [-0.25, -0.2) is 9.36 Å². The second-order valence-electron chi connectivity index (χ2n) is 7.15. The molecule has 0 aliphatic rings. The van der Waals surface area contributed by atoms with Gasteiger partial charge in [-0.15, -0.1) is 0 Å². The smallest absolute Gasteiger partial charge is 0.335 e. The van der Waals surface area contributed by atoms with E-state index in [1.807, 2.05) is 6.92 Å². The Balaban J connectivity index is 1.75. The lowest BCUT2D eigenvalue weighted by molar-refractivity contribution is 0.102. The van der Waals surface area contributed by atoms with Crippen LogP contribution in [0.1, 0.15) is 21.7 Å². The van der Waals surface area contributed by atoms with Crippen molar-refractivity contribution in [3.63, 3.8) is 0 Å². The lowest BCUT2D eigenvalue weighted by atomic mass is 10.1. The maximum absolute atomic E-state index is 13.2. The van der Waals surface area contributed by atoms with E-state index in [4.69, 9.17) is 14.3 Å². The Morgan fingerprint density at radius 1 is 1.16 bits per heavy atom. The maximum atomic E-state index is 13.2. The highest BCUT2D eigenvalue weighted by molar-refractivity contribution is 6.12. The molecule has 0 saturated heterocycles. The molecule has 4 rings (SSSR count). The molecule has 0 aliphatic heterocycles. The molecule has 0 unspecified atom stereocenters. The summed E-state index contributed by atoms with van der Waals surface area (Å²) >= 11 is 0. The van der Waals surface area contributed by atoms with Crippen LogP contribution in [0.25, 0.3) is 16.8 Å². The number of H-pyrrole nitrogens is 1. The number of nitrogens with one attached hydrogen (secondary N) is 2. The number of furan rings is 1. The molecule has 32 heavy (non-hydrogen) atoms. The summed E-state index contributed by atoms with van der Waals surface area (Å²) in [5.74, 6) is 0.245. The number of fused-ring (bicyclic) bond motifs is 1. The molecule has 1 amide bonds. The first kappa shape index (κ1) is 21.1. The average molecular weight is 435 g/mol. The number of aromatic nitrogens is 2. The van der Waals surface area contributed by atoms with Gasteiger partial charge in [-0.05, 0) is 49.7 Å². The standard InChI is InChI=1S/C23H21N3O6/c1-13-12-15(8-9-17(13)31-11-10-27)24-20(28)18-14(2)32-21-19(18)22(29)26(23(30)25-21)16-6-4-3-5-7-16/h3-9,12,27H,10-11H2,1-2H3,(H,24,28)(H,25,30). The summed E-state index contributed by atoms with van der Waals surface area (Å²) in [6.07, 6.45) is 0. The number of aromatic amines is 1. The van der Waals surface area contributed by atoms with E-state index in [1.54, 1.807) is 55.5 Å². The van der Waals surface area contributed by atoms with Crippen LogP contribution in [-0.4, -0.2) is 33.8 Å². The number of para-hydroxylation sites is 1. The van der Waals surface area contributed by atoms with Gasteiger partial charge < -0.3 is 19.6 Å². The van der Waals surface area contributed by atoms with Gasteiger partial charge in [-0.2, -0.15) is 0 Å². The zero-order valence-electron chi connectivity index (χ0n) is 17.5. The number of ether oxygens (including phenoxy) is 1. The lowest BCUT2D eigenvalue weighted by Gasteiger charge is -2.11. The summed E-state index contributed by atoms with van der Waals surface area (Å²) in [5, 5.41) is 11.6. The fraction of sp³-hybridized carbons (Fsp3) is 0.174. The summed E-state index contributed by atoms with van der Waals surface area (Å²) in [5.41, 5.74) is 0.304. The van der Waals surface area contributed by atoms with E-state index in [1.165, 1.54) is 0 Å². The summed E-state index contributed by atoms with van der Waals surface area (Å²) < 4.78 is 11.9. The quantitative estimate of drug-likeness (QED) is 0.427. The molecule has 164 valence electrons. The third-order valence-corrected chi connectivity index (χ3v) is 4.95. The van der Waals surface area contributed by atoms with Crippen LogP contribution in [0.2, 0.25) is 0 Å². The molecular formula is C23H21N3O6. The molecule has 0 spiro atoms. The Labute approximate surface area is 181 Å². The van der Waals surface area contributed by atoms with Crippen molar-refractivity contribution < 1.29 is 19.1 Å². The van der Waals surface area contributed by atoms with Gasteiger partial charge in [0.2, 0.25) is 5.71 Å². The summed E-state index contributed by atoms with van der Waals surface area (Å²) in [7, 11) is 0. The number of rotatable bonds is 6. The minimum absolute atomic E-state index is 0.0110. The van der Waals surface area contributed by atoms with E-state index in [0.717, 1.165) is 10.1 Å². The Bertz CT molecular complexity index is 1420. The number of carbonyl (C=O) groups is 1. The number of hydrogen-bond acceptors (Lipinski definition) is 6. The lowest BCUT2D eigenvalue weighted by Crippen LogP contribution is -2.34. The SMILES string of the molecule is Cc1cc(NC(=O)c2c(C)oc3[nH]c(=O)n(-c4ccccc4)c(=O)c23)ccc1OCCO. The number of carbonyl (C=O) groups excluding carboxylic acids is 1. The minimum Gasteiger partial charge on any atom is -0.491 e. The van der Waals surface area contributed by atoms with E-state index < -0.39 is 17.2 Å². The molecule has 4 aromatic rings. The number of aliphatic hydroxyl groups is 1. The van der Waals surface area contributed by atoms with Crippen LogP contribution in [-0.2, 0) is 0 Å². The molecular weight excluding hydrogens is 414 g/mol. The van der Waals surface area contributed by atoms with Crippen molar-refractivity contribution >= 4 is 22.7 Å². The van der Waals surface area contributed by atoms with E-state index >= 15 is 0 Å². The molecule has 2 aromatic heterocycles. The molecule has 0 atom stereocenters. The van der Waals surface area contributed by atoms with Gasteiger partial charge in [0.1, 0.15) is 23.5 Å². The first-order valence-electron chi connectivity index (χ1n) is 9.90. The van der Waals surface area contributed by atoms with Crippen molar-refractivity contribution in [3.05, 3.63) is 86.3 Å². The predicted molar refractivity (Wildman–Crippen MR) is 119 cm³/mol. The zero-order valence-corrected chi connectivity index (χ0v) is 17.5. The fourth-order valence-corrected chi connectivity index (χ4v) is 3.52. The van der Waals surface area contributed by atoms with Crippen LogP contribution < -0.4 is 21.3 Å². The predicted octanol–water partition coefficient (Wildman–Crippen LogP) is 2.51. The molecule has 0 saturated carbocycles. The van der Waals surface area contributed by atoms with Crippen molar-refractivity contribution in [1.29, 1.82) is 0 Å². The number of benzene rings is 2. The molecule has 9 nitrogen and oxygen atoms in total. The van der Waals surface area contributed by atoms with E-state index in [0.29, 0.717) is 17.1 Å². The van der Waals surface area contributed by atoms with Crippen LogP contribution >= 0.6 is 0 Å². The summed E-state index contributed by atoms with van der Waals surface area (Å²) in [6, 6.07) is 13.5. The molecule has 0 aliphatic carbocycles. The molecule has 0 bridgehead atoms. The maximum Gasteiger partial charge on any atom is 0.335 e. The Morgan fingerprint density at radius 3 is 2.59 bits per heavy atom. The van der Waals surface area contributed by atoms with Crippen molar-refractivity contribution in [3.8, 4) is 11.4 Å².